The first kappa shape index (κ1) is 25.5. The lowest BCUT2D eigenvalue weighted by molar-refractivity contribution is 0.470. The Balaban J connectivity index is 1.82. The highest BCUT2D eigenvalue weighted by atomic mass is 32.2. The molecule has 0 heterocycles. The Labute approximate surface area is 195 Å². The minimum atomic E-state index is 0.961. The summed E-state index contributed by atoms with van der Waals surface area (Å²) in [6.07, 6.45) is 4.44. The van der Waals surface area contributed by atoms with E-state index in [-0.39, 0.29) is 0 Å². The number of hydrogen-bond acceptors (Lipinski definition) is 3. The van der Waals surface area contributed by atoms with E-state index in [2.05, 4.69) is 106 Å². The van der Waals surface area contributed by atoms with Gasteiger partial charge >= 0.3 is 0 Å². The second-order valence-corrected chi connectivity index (χ2v) is 10.1. The van der Waals surface area contributed by atoms with E-state index in [0.29, 0.717) is 0 Å². The van der Waals surface area contributed by atoms with Gasteiger partial charge in [-0.15, -0.1) is 0 Å². The van der Waals surface area contributed by atoms with Gasteiger partial charge in [0.15, 0.2) is 0 Å². The van der Waals surface area contributed by atoms with Gasteiger partial charge in [0, 0.05) is 25.2 Å². The molecule has 0 unspecified atom stereocenters. The monoisotopic (exact) mass is 436 g/mol. The van der Waals surface area contributed by atoms with Gasteiger partial charge < -0.3 is 0 Å². The normalized spacial score (nSPS) is 12.4. The van der Waals surface area contributed by atoms with Crippen molar-refractivity contribution in [2.24, 2.45) is 0 Å². The lowest BCUT2D eigenvalue weighted by Gasteiger charge is -2.22. The van der Waals surface area contributed by atoms with E-state index in [1.165, 1.54) is 45.4 Å². The first-order chi connectivity index (χ1) is 14.8. The molecule has 2 rings (SSSR count). The Morgan fingerprint density at radius 3 is 2.10 bits per heavy atom. The first-order valence-corrected chi connectivity index (χ1v) is 12.1. The van der Waals surface area contributed by atoms with Crippen molar-refractivity contribution >= 4 is 17.7 Å². The SMILES string of the molecule is C=C(C/C(C)=C(\C)CCCc1ccc(CN(CC)SN(C)C)cc1)c1ccc(C)cc1. The third-order valence-corrected chi connectivity index (χ3v) is 6.64. The van der Waals surface area contributed by atoms with Crippen LogP contribution >= 0.6 is 12.1 Å². The zero-order valence-corrected chi connectivity index (χ0v) is 21.2. The Bertz CT molecular complexity index is 848. The van der Waals surface area contributed by atoms with E-state index >= 15 is 0 Å². The molecule has 0 N–H and O–H groups in total. The topological polar surface area (TPSA) is 6.48 Å². The van der Waals surface area contributed by atoms with Crippen molar-refractivity contribution in [3.8, 4) is 0 Å². The predicted octanol–water partition coefficient (Wildman–Crippen LogP) is 7.70. The van der Waals surface area contributed by atoms with Crippen LogP contribution in [0.15, 0.2) is 66.3 Å². The molecule has 2 nitrogen and oxygen atoms in total. The van der Waals surface area contributed by atoms with Crippen LogP contribution in [0.1, 0.15) is 62.3 Å². The van der Waals surface area contributed by atoms with Gasteiger partial charge in [-0.1, -0.05) is 78.7 Å². The lowest BCUT2D eigenvalue weighted by atomic mass is 9.95. The van der Waals surface area contributed by atoms with E-state index in [4.69, 9.17) is 0 Å². The molecule has 0 saturated carbocycles. The van der Waals surface area contributed by atoms with Gasteiger partial charge in [0.25, 0.3) is 0 Å². The summed E-state index contributed by atoms with van der Waals surface area (Å²) in [6.45, 7) is 15.2. The highest BCUT2D eigenvalue weighted by Crippen LogP contribution is 2.25. The molecule has 0 aliphatic rings. The summed E-state index contributed by atoms with van der Waals surface area (Å²) in [4.78, 5) is 0. The molecule has 0 bridgehead atoms. The van der Waals surface area contributed by atoms with Crippen molar-refractivity contribution in [3.05, 3.63) is 88.5 Å². The van der Waals surface area contributed by atoms with E-state index in [1.54, 1.807) is 12.1 Å². The molecule has 0 radical (unpaired) electrons. The number of aryl methyl sites for hydroxylation is 2. The van der Waals surface area contributed by atoms with Crippen LogP contribution in [0, 0.1) is 6.92 Å². The highest BCUT2D eigenvalue weighted by molar-refractivity contribution is 7.94. The smallest absolute Gasteiger partial charge is 0.0352 e. The molecule has 3 heteroatoms. The third kappa shape index (κ3) is 9.06. The average Bonchev–Trinajstić information content (AvgIpc) is 2.74. The summed E-state index contributed by atoms with van der Waals surface area (Å²) in [5, 5.41) is 0. The van der Waals surface area contributed by atoms with Crippen LogP contribution < -0.4 is 0 Å². The van der Waals surface area contributed by atoms with Crippen LogP contribution in [-0.2, 0) is 13.0 Å². The summed E-state index contributed by atoms with van der Waals surface area (Å²) in [5.41, 5.74) is 9.53. The van der Waals surface area contributed by atoms with E-state index in [0.717, 1.165) is 32.4 Å². The Morgan fingerprint density at radius 2 is 1.52 bits per heavy atom. The zero-order valence-electron chi connectivity index (χ0n) is 20.4. The molecule has 0 aromatic heterocycles. The van der Waals surface area contributed by atoms with E-state index in [9.17, 15) is 0 Å². The van der Waals surface area contributed by atoms with Crippen molar-refractivity contribution in [3.63, 3.8) is 0 Å². The van der Waals surface area contributed by atoms with Crippen LogP contribution in [0.25, 0.3) is 5.57 Å². The maximum absolute atomic E-state index is 4.31. The molecule has 0 aliphatic heterocycles. The van der Waals surface area contributed by atoms with Crippen molar-refractivity contribution < 1.29 is 0 Å². The molecule has 0 amide bonds. The summed E-state index contributed by atoms with van der Waals surface area (Å²) < 4.78 is 4.52. The summed E-state index contributed by atoms with van der Waals surface area (Å²) >= 11 is 1.78. The molecule has 2 aromatic rings. The van der Waals surface area contributed by atoms with Crippen LogP contribution in [0.2, 0.25) is 0 Å². The molecule has 31 heavy (non-hydrogen) atoms. The number of benzene rings is 2. The van der Waals surface area contributed by atoms with Crippen LogP contribution in [0.5, 0.6) is 0 Å². The average molecular weight is 437 g/mol. The molecule has 0 fully saturated rings. The van der Waals surface area contributed by atoms with Gasteiger partial charge in [-0.05, 0) is 82.8 Å². The minimum Gasteiger partial charge on any atom is -0.243 e. The molecule has 0 spiro atoms. The van der Waals surface area contributed by atoms with Crippen molar-refractivity contribution in [2.45, 2.75) is 59.9 Å². The van der Waals surface area contributed by atoms with E-state index in [1.807, 2.05) is 0 Å². The predicted molar refractivity (Wildman–Crippen MR) is 140 cm³/mol. The Kier molecular flexibility index (Phi) is 10.6. The molecular formula is C28H40N2S. The molecule has 2 aromatic carbocycles. The summed E-state index contributed by atoms with van der Waals surface area (Å²) in [5.74, 6) is 0. The Morgan fingerprint density at radius 1 is 0.903 bits per heavy atom. The van der Waals surface area contributed by atoms with Gasteiger partial charge in [-0.2, -0.15) is 0 Å². The van der Waals surface area contributed by atoms with Crippen molar-refractivity contribution in [1.29, 1.82) is 0 Å². The van der Waals surface area contributed by atoms with E-state index < -0.39 is 0 Å². The lowest BCUT2D eigenvalue weighted by Crippen LogP contribution is -2.20. The third-order valence-electron chi connectivity index (χ3n) is 5.70. The maximum Gasteiger partial charge on any atom is 0.0352 e. The first-order valence-electron chi connectivity index (χ1n) is 11.4. The van der Waals surface area contributed by atoms with Crippen molar-refractivity contribution in [2.75, 3.05) is 20.6 Å². The zero-order chi connectivity index (χ0) is 22.8. The molecule has 0 saturated heterocycles. The second kappa shape index (κ2) is 12.9. The number of nitrogens with zero attached hydrogens (tertiary/aromatic N) is 2. The summed E-state index contributed by atoms with van der Waals surface area (Å²) in [7, 11) is 4.18. The van der Waals surface area contributed by atoms with Gasteiger partial charge in [0.05, 0.1) is 0 Å². The minimum absolute atomic E-state index is 0.961. The summed E-state index contributed by atoms with van der Waals surface area (Å²) in [6, 6.07) is 17.9. The second-order valence-electron chi connectivity index (χ2n) is 8.73. The quantitative estimate of drug-likeness (QED) is 0.248. The van der Waals surface area contributed by atoms with Gasteiger partial charge in [-0.25, -0.2) is 8.61 Å². The number of rotatable bonds is 12. The van der Waals surface area contributed by atoms with Gasteiger partial charge in [-0.3, -0.25) is 0 Å². The Hall–Kier alpha value is -1.81. The number of hydrogen-bond donors (Lipinski definition) is 0. The fourth-order valence-electron chi connectivity index (χ4n) is 3.58. The molecule has 0 aliphatic carbocycles. The molecule has 168 valence electrons. The van der Waals surface area contributed by atoms with Gasteiger partial charge in [0.2, 0.25) is 0 Å². The fourth-order valence-corrected chi connectivity index (χ4v) is 4.36. The maximum atomic E-state index is 4.31. The van der Waals surface area contributed by atoms with Crippen LogP contribution in [0.3, 0.4) is 0 Å². The van der Waals surface area contributed by atoms with Crippen LogP contribution in [0.4, 0.5) is 0 Å². The number of allylic oxidation sites excluding steroid dienone is 3. The van der Waals surface area contributed by atoms with Gasteiger partial charge in [0.1, 0.15) is 0 Å². The van der Waals surface area contributed by atoms with Crippen molar-refractivity contribution in [1.82, 2.24) is 8.61 Å². The largest absolute Gasteiger partial charge is 0.243 e. The standard InChI is InChI=1S/C28H40N2S/c1-8-30(31-29(6)7)21-27-16-14-26(15-17-27)11-9-10-23(3)24(4)20-25(5)28-18-12-22(2)13-19-28/h12-19H,5,8-11,20-21H2,1-4,6-7H3/b24-23+. The highest BCUT2D eigenvalue weighted by Gasteiger charge is 2.07. The fraction of sp³-hybridized carbons (Fsp3) is 0.429. The molecular weight excluding hydrogens is 396 g/mol. The van der Waals surface area contributed by atoms with Crippen LogP contribution in [-0.4, -0.2) is 29.3 Å². The molecule has 0 atom stereocenters.